The summed E-state index contributed by atoms with van der Waals surface area (Å²) in [6.45, 7) is 8.20. The number of ether oxygens (including phenoxy) is 3. The highest BCUT2D eigenvalue weighted by Crippen LogP contribution is 2.34. The number of hydrogen-bond donors (Lipinski definition) is 2. The average molecular weight is 622 g/mol. The van der Waals surface area contributed by atoms with Crippen molar-refractivity contribution in [2.45, 2.75) is 89.9 Å². The molecule has 11 heteroatoms. The van der Waals surface area contributed by atoms with Gasteiger partial charge in [0.05, 0.1) is 25.9 Å². The lowest BCUT2D eigenvalue weighted by Gasteiger charge is -2.38. The number of hydrogen-bond acceptors (Lipinski definition) is 6. The van der Waals surface area contributed by atoms with Crippen molar-refractivity contribution in [2.24, 2.45) is 22.6 Å². The van der Waals surface area contributed by atoms with Gasteiger partial charge in [0.1, 0.15) is 5.60 Å². The lowest BCUT2D eigenvalue weighted by molar-refractivity contribution is -0.00564. The van der Waals surface area contributed by atoms with Crippen LogP contribution in [0.4, 0.5) is 9.59 Å². The number of benzene rings is 1. The van der Waals surface area contributed by atoms with E-state index in [4.69, 9.17) is 31.8 Å². The number of methoxy groups -OCH3 is 1. The molecule has 0 unspecified atom stereocenters. The molecule has 3 N–H and O–H groups in total. The first kappa shape index (κ1) is 34.8. The fourth-order valence-corrected chi connectivity index (χ4v) is 6.24. The highest BCUT2D eigenvalue weighted by Gasteiger charge is 2.31. The number of nitrogens with one attached hydrogen (secondary N) is 1. The van der Waals surface area contributed by atoms with Crippen LogP contribution < -0.4 is 11.1 Å². The summed E-state index contributed by atoms with van der Waals surface area (Å²) in [4.78, 5) is 33.1. The van der Waals surface area contributed by atoms with Crippen molar-refractivity contribution < 1.29 is 23.8 Å². The SMILES string of the molecule is COC(=O)NCCO[C@@H](c1cccc(Cl)c1)[C@@H]1CCCN(C(N)=N[C@@H](CC2CCCCC2)CN(C)C(=O)OC(C)(C)C)C1. The standard InChI is InChI=1S/C32H52ClN5O5/c1-32(2,3)43-31(40)37(4)22-27(19-23-11-7-6-8-12-23)36-29(34)38-17-10-14-25(21-38)28(24-13-9-15-26(33)20-24)42-18-16-35-30(39)41-5/h9,13,15,20,23,25,27-28H,6-8,10-12,14,16-19,21-22H2,1-5H3,(H2,34,36)(H,35,39)/t25-,27+,28+/m1/s1. The third-order valence-electron chi connectivity index (χ3n) is 8.08. The van der Waals surface area contributed by atoms with E-state index in [1.165, 1.54) is 39.2 Å². The monoisotopic (exact) mass is 621 g/mol. The summed E-state index contributed by atoms with van der Waals surface area (Å²) in [5.74, 6) is 1.22. The third kappa shape index (κ3) is 12.1. The van der Waals surface area contributed by atoms with Crippen molar-refractivity contribution in [3.8, 4) is 0 Å². The van der Waals surface area contributed by atoms with Crippen molar-refractivity contribution >= 4 is 29.7 Å². The van der Waals surface area contributed by atoms with Gasteiger partial charge in [-0.3, -0.25) is 0 Å². The molecule has 43 heavy (non-hydrogen) atoms. The third-order valence-corrected chi connectivity index (χ3v) is 8.31. The predicted octanol–water partition coefficient (Wildman–Crippen LogP) is 5.99. The first-order valence-electron chi connectivity index (χ1n) is 15.7. The molecule has 0 spiro atoms. The van der Waals surface area contributed by atoms with Crippen molar-refractivity contribution in [3.63, 3.8) is 0 Å². The van der Waals surface area contributed by atoms with E-state index in [1.807, 2.05) is 45.0 Å². The van der Waals surface area contributed by atoms with E-state index >= 15 is 0 Å². The number of piperidine rings is 1. The maximum atomic E-state index is 12.8. The number of carbonyl (C=O) groups excluding carboxylic acids is 2. The van der Waals surface area contributed by atoms with Gasteiger partial charge < -0.3 is 35.1 Å². The van der Waals surface area contributed by atoms with Gasteiger partial charge in [-0.15, -0.1) is 0 Å². The van der Waals surface area contributed by atoms with E-state index < -0.39 is 11.7 Å². The van der Waals surface area contributed by atoms with Crippen molar-refractivity contribution in [3.05, 3.63) is 34.9 Å². The highest BCUT2D eigenvalue weighted by molar-refractivity contribution is 6.30. The number of aliphatic imine (C=N–C) groups is 1. The number of guanidine groups is 1. The lowest BCUT2D eigenvalue weighted by atomic mass is 9.85. The number of carbonyl (C=O) groups is 2. The molecule has 1 saturated heterocycles. The minimum atomic E-state index is -0.563. The van der Waals surface area contributed by atoms with Crippen LogP contribution >= 0.6 is 11.6 Å². The maximum absolute atomic E-state index is 12.8. The van der Waals surface area contributed by atoms with Crippen LogP contribution in [0.5, 0.6) is 0 Å². The molecule has 242 valence electrons. The molecular weight excluding hydrogens is 570 g/mol. The Hall–Kier alpha value is -2.72. The quantitative estimate of drug-likeness (QED) is 0.177. The smallest absolute Gasteiger partial charge is 0.410 e. The molecule has 2 amide bonds. The zero-order chi connectivity index (χ0) is 31.4. The number of likely N-dealkylation sites (N-methyl/N-ethyl adjacent to an activating group) is 1. The predicted molar refractivity (Wildman–Crippen MR) is 170 cm³/mol. The topological polar surface area (TPSA) is 119 Å². The molecule has 0 radical (unpaired) electrons. The molecule has 1 heterocycles. The summed E-state index contributed by atoms with van der Waals surface area (Å²) < 4.78 is 16.6. The van der Waals surface area contributed by atoms with Gasteiger partial charge >= 0.3 is 12.2 Å². The highest BCUT2D eigenvalue weighted by atomic mass is 35.5. The Labute approximate surface area is 262 Å². The molecule has 1 saturated carbocycles. The van der Waals surface area contributed by atoms with Gasteiger partial charge in [0.15, 0.2) is 5.96 Å². The fourth-order valence-electron chi connectivity index (χ4n) is 6.04. The van der Waals surface area contributed by atoms with Crippen LogP contribution in [0.15, 0.2) is 29.3 Å². The molecule has 1 aliphatic carbocycles. The van der Waals surface area contributed by atoms with E-state index in [0.717, 1.165) is 31.4 Å². The number of likely N-dealkylation sites (tertiary alicyclic amines) is 1. The minimum Gasteiger partial charge on any atom is -0.453 e. The molecule has 2 fully saturated rings. The van der Waals surface area contributed by atoms with Gasteiger partial charge in [0.2, 0.25) is 0 Å². The largest absolute Gasteiger partial charge is 0.453 e. The van der Waals surface area contributed by atoms with E-state index in [9.17, 15) is 9.59 Å². The summed E-state index contributed by atoms with van der Waals surface area (Å²) in [5, 5.41) is 3.32. The second-order valence-electron chi connectivity index (χ2n) is 12.9. The summed E-state index contributed by atoms with van der Waals surface area (Å²) in [6, 6.07) is 7.61. The van der Waals surface area contributed by atoms with Crippen molar-refractivity contribution in [1.82, 2.24) is 15.1 Å². The zero-order valence-electron chi connectivity index (χ0n) is 26.6. The van der Waals surface area contributed by atoms with Gasteiger partial charge in [-0.2, -0.15) is 0 Å². The number of nitrogens with zero attached hydrogens (tertiary/aromatic N) is 3. The number of alkyl carbamates (subject to hydrolysis) is 1. The average Bonchev–Trinajstić information content (AvgIpc) is 2.96. The molecule has 1 aromatic rings. The molecular formula is C32H52ClN5O5. The lowest BCUT2D eigenvalue weighted by Crippen LogP contribution is -2.47. The normalized spacial score (nSPS) is 19.8. The van der Waals surface area contributed by atoms with Crippen LogP contribution in [-0.2, 0) is 14.2 Å². The summed E-state index contributed by atoms with van der Waals surface area (Å²) >= 11 is 6.35. The Morgan fingerprint density at radius 2 is 1.93 bits per heavy atom. The number of rotatable bonds is 11. The van der Waals surface area contributed by atoms with Crippen LogP contribution in [0.2, 0.25) is 5.02 Å². The second kappa shape index (κ2) is 16.9. The second-order valence-corrected chi connectivity index (χ2v) is 13.3. The zero-order valence-corrected chi connectivity index (χ0v) is 27.4. The van der Waals surface area contributed by atoms with Crippen molar-refractivity contribution in [2.75, 3.05) is 46.9 Å². The number of amides is 2. The number of halogens is 1. The fraction of sp³-hybridized carbons (Fsp3) is 0.719. The Kier molecular flexibility index (Phi) is 13.7. The Balaban J connectivity index is 1.74. The summed E-state index contributed by atoms with van der Waals surface area (Å²) in [5.41, 5.74) is 7.15. The molecule has 3 rings (SSSR count). The Bertz CT molecular complexity index is 1060. The molecule has 2 aliphatic rings. The first-order chi connectivity index (χ1) is 20.4. The summed E-state index contributed by atoms with van der Waals surface area (Å²) in [6.07, 6.45) is 7.87. The van der Waals surface area contributed by atoms with Gasteiger partial charge in [0.25, 0.3) is 0 Å². The molecule has 0 bridgehead atoms. The van der Waals surface area contributed by atoms with Gasteiger partial charge in [-0.25, -0.2) is 14.6 Å². The van der Waals surface area contributed by atoms with E-state index in [2.05, 4.69) is 15.0 Å². The molecule has 1 aliphatic heterocycles. The summed E-state index contributed by atoms with van der Waals surface area (Å²) in [7, 11) is 3.11. The maximum Gasteiger partial charge on any atom is 0.410 e. The first-order valence-corrected chi connectivity index (χ1v) is 16.0. The minimum absolute atomic E-state index is 0.120. The Morgan fingerprint density at radius 1 is 1.19 bits per heavy atom. The van der Waals surface area contributed by atoms with Crippen LogP contribution in [0.25, 0.3) is 0 Å². The van der Waals surface area contributed by atoms with Crippen molar-refractivity contribution in [1.29, 1.82) is 0 Å². The molecule has 3 atom stereocenters. The molecule has 1 aromatic carbocycles. The van der Waals surface area contributed by atoms with Crippen LogP contribution in [-0.4, -0.2) is 86.5 Å². The molecule has 0 aromatic heterocycles. The Morgan fingerprint density at radius 3 is 2.60 bits per heavy atom. The van der Waals surface area contributed by atoms with Gasteiger partial charge in [-0.1, -0.05) is 55.8 Å². The van der Waals surface area contributed by atoms with Crippen LogP contribution in [0, 0.1) is 11.8 Å². The van der Waals surface area contributed by atoms with E-state index in [0.29, 0.717) is 43.1 Å². The van der Waals surface area contributed by atoms with Crippen LogP contribution in [0.3, 0.4) is 0 Å². The molecule has 10 nitrogen and oxygen atoms in total. The number of nitrogens with two attached hydrogens (primary N) is 1. The van der Waals surface area contributed by atoms with E-state index in [1.54, 1.807) is 11.9 Å². The van der Waals surface area contributed by atoms with Gasteiger partial charge in [-0.05, 0) is 63.6 Å². The van der Waals surface area contributed by atoms with Crippen LogP contribution in [0.1, 0.15) is 83.8 Å². The van der Waals surface area contributed by atoms with E-state index in [-0.39, 0.29) is 24.2 Å². The van der Waals surface area contributed by atoms with Gasteiger partial charge in [0, 0.05) is 44.2 Å².